The highest BCUT2D eigenvalue weighted by Gasteiger charge is 2.20. The van der Waals surface area contributed by atoms with E-state index in [1.54, 1.807) is 24.3 Å². The summed E-state index contributed by atoms with van der Waals surface area (Å²) in [5.41, 5.74) is 5.52. The zero-order chi connectivity index (χ0) is 15.1. The first-order valence-electron chi connectivity index (χ1n) is 6.09. The molecule has 0 saturated heterocycles. The van der Waals surface area contributed by atoms with Crippen molar-refractivity contribution < 1.29 is 14.7 Å². The molecule has 0 bridgehead atoms. The highest BCUT2D eigenvalue weighted by Crippen LogP contribution is 2.15. The van der Waals surface area contributed by atoms with Crippen molar-refractivity contribution in [3.63, 3.8) is 0 Å². The minimum atomic E-state index is -0.540. The Morgan fingerprint density at radius 3 is 2.55 bits per heavy atom. The van der Waals surface area contributed by atoms with Gasteiger partial charge in [-0.3, -0.25) is 4.79 Å². The van der Waals surface area contributed by atoms with E-state index in [0.29, 0.717) is 10.8 Å². The lowest BCUT2D eigenvalue weighted by atomic mass is 10.0. The Balaban J connectivity index is 2.52. The van der Waals surface area contributed by atoms with Crippen LogP contribution in [0.15, 0.2) is 29.4 Å². The van der Waals surface area contributed by atoms with Gasteiger partial charge in [0.25, 0.3) is 5.91 Å². The molecule has 0 fully saturated rings. The van der Waals surface area contributed by atoms with Crippen LogP contribution in [0, 0.1) is 5.92 Å². The molecule has 4 N–H and O–H groups in total. The summed E-state index contributed by atoms with van der Waals surface area (Å²) in [6.07, 6.45) is 0. The van der Waals surface area contributed by atoms with Crippen molar-refractivity contribution in [2.75, 3.05) is 6.61 Å². The van der Waals surface area contributed by atoms with Gasteiger partial charge < -0.3 is 21.0 Å². The van der Waals surface area contributed by atoms with Crippen LogP contribution in [-0.4, -0.2) is 29.6 Å². The fraction of sp³-hybridized carbons (Fsp3) is 0.385. The molecular formula is C13H18ClN3O3. The molecule has 0 saturated carbocycles. The molecule has 0 spiro atoms. The maximum absolute atomic E-state index is 11.8. The largest absolute Gasteiger partial charge is 0.484 e. The van der Waals surface area contributed by atoms with E-state index in [1.807, 2.05) is 13.8 Å². The van der Waals surface area contributed by atoms with Crippen LogP contribution < -0.4 is 15.8 Å². The van der Waals surface area contributed by atoms with Gasteiger partial charge in [0, 0.05) is 5.02 Å². The van der Waals surface area contributed by atoms with Gasteiger partial charge in [0.1, 0.15) is 5.75 Å². The van der Waals surface area contributed by atoms with Gasteiger partial charge in [-0.05, 0) is 30.2 Å². The molecule has 1 unspecified atom stereocenters. The molecule has 1 aromatic rings. The number of ether oxygens (including phenoxy) is 1. The zero-order valence-corrected chi connectivity index (χ0v) is 12.1. The SMILES string of the molecule is CC(C)C(NC(=O)COc1ccc(Cl)cc1)C(N)=NO. The lowest BCUT2D eigenvalue weighted by Gasteiger charge is -2.20. The van der Waals surface area contributed by atoms with Crippen molar-refractivity contribution in [2.45, 2.75) is 19.9 Å². The summed E-state index contributed by atoms with van der Waals surface area (Å²) in [6, 6.07) is 6.13. The molecule has 6 nitrogen and oxygen atoms in total. The number of oxime groups is 1. The van der Waals surface area contributed by atoms with E-state index in [-0.39, 0.29) is 24.3 Å². The van der Waals surface area contributed by atoms with Gasteiger partial charge in [-0.25, -0.2) is 0 Å². The fourth-order valence-corrected chi connectivity index (χ4v) is 1.67. The number of hydrogen-bond donors (Lipinski definition) is 3. The highest BCUT2D eigenvalue weighted by atomic mass is 35.5. The predicted molar refractivity (Wildman–Crippen MR) is 77.1 cm³/mol. The molecule has 1 atom stereocenters. The van der Waals surface area contributed by atoms with Gasteiger partial charge in [-0.2, -0.15) is 0 Å². The quantitative estimate of drug-likeness (QED) is 0.322. The molecule has 20 heavy (non-hydrogen) atoms. The maximum Gasteiger partial charge on any atom is 0.258 e. The van der Waals surface area contributed by atoms with Gasteiger partial charge in [-0.15, -0.1) is 0 Å². The van der Waals surface area contributed by atoms with Crippen LogP contribution >= 0.6 is 11.6 Å². The third-order valence-corrected chi connectivity index (χ3v) is 2.85. The van der Waals surface area contributed by atoms with Crippen LogP contribution in [0.3, 0.4) is 0 Å². The molecule has 0 aliphatic heterocycles. The molecule has 0 aromatic heterocycles. The third kappa shape index (κ3) is 4.97. The first-order valence-corrected chi connectivity index (χ1v) is 6.47. The van der Waals surface area contributed by atoms with Gasteiger partial charge in [0.2, 0.25) is 0 Å². The number of halogens is 1. The summed E-state index contributed by atoms with van der Waals surface area (Å²) < 4.78 is 5.30. The van der Waals surface area contributed by atoms with Gasteiger partial charge >= 0.3 is 0 Å². The highest BCUT2D eigenvalue weighted by molar-refractivity contribution is 6.30. The Bertz CT molecular complexity index is 474. The molecule has 1 aromatic carbocycles. The first-order chi connectivity index (χ1) is 9.43. The molecule has 0 heterocycles. The summed E-state index contributed by atoms with van der Waals surface area (Å²) >= 11 is 5.74. The number of nitrogens with one attached hydrogen (secondary N) is 1. The molecular weight excluding hydrogens is 282 g/mol. The molecule has 110 valence electrons. The van der Waals surface area contributed by atoms with E-state index in [0.717, 1.165) is 0 Å². The van der Waals surface area contributed by atoms with Crippen LogP contribution in [0.4, 0.5) is 0 Å². The summed E-state index contributed by atoms with van der Waals surface area (Å²) in [4.78, 5) is 11.8. The number of nitrogens with zero attached hydrogens (tertiary/aromatic N) is 1. The van der Waals surface area contributed by atoms with Crippen molar-refractivity contribution in [1.29, 1.82) is 0 Å². The zero-order valence-electron chi connectivity index (χ0n) is 11.3. The Labute approximate surface area is 122 Å². The Kier molecular flexibility index (Phi) is 6.11. The average Bonchev–Trinajstić information content (AvgIpc) is 2.43. The lowest BCUT2D eigenvalue weighted by Crippen LogP contribution is -2.49. The minimum absolute atomic E-state index is 0.00891. The number of hydrogen-bond acceptors (Lipinski definition) is 4. The van der Waals surface area contributed by atoms with Crippen LogP contribution in [0.25, 0.3) is 0 Å². The van der Waals surface area contributed by atoms with E-state index < -0.39 is 6.04 Å². The van der Waals surface area contributed by atoms with Gasteiger partial charge in [0.15, 0.2) is 12.4 Å². The van der Waals surface area contributed by atoms with Crippen LogP contribution in [0.2, 0.25) is 5.02 Å². The number of carbonyl (C=O) groups is 1. The summed E-state index contributed by atoms with van der Waals surface area (Å²) in [6.45, 7) is 3.54. The van der Waals surface area contributed by atoms with E-state index in [1.165, 1.54) is 0 Å². The molecule has 7 heteroatoms. The number of amides is 1. The predicted octanol–water partition coefficient (Wildman–Crippen LogP) is 1.61. The summed E-state index contributed by atoms with van der Waals surface area (Å²) in [5, 5.41) is 14.8. The fourth-order valence-electron chi connectivity index (χ4n) is 1.54. The molecule has 1 amide bonds. The number of nitrogens with two attached hydrogens (primary N) is 1. The standard InChI is InChI=1S/C13H18ClN3O3/c1-8(2)12(13(15)17-19)16-11(18)7-20-10-5-3-9(14)4-6-10/h3-6,8,12,19H,7H2,1-2H3,(H2,15,17)(H,16,18). The van der Waals surface area contributed by atoms with Gasteiger partial charge in [-0.1, -0.05) is 30.6 Å². The minimum Gasteiger partial charge on any atom is -0.484 e. The smallest absolute Gasteiger partial charge is 0.258 e. The monoisotopic (exact) mass is 299 g/mol. The Morgan fingerprint density at radius 2 is 2.05 bits per heavy atom. The molecule has 0 aliphatic rings. The molecule has 0 aliphatic carbocycles. The maximum atomic E-state index is 11.8. The first kappa shape index (κ1) is 16.1. The number of rotatable bonds is 6. The van der Waals surface area contributed by atoms with E-state index >= 15 is 0 Å². The number of amidine groups is 1. The van der Waals surface area contributed by atoms with Crippen molar-refractivity contribution in [2.24, 2.45) is 16.8 Å². The van der Waals surface area contributed by atoms with Gasteiger partial charge in [0.05, 0.1) is 6.04 Å². The normalized spacial score (nSPS) is 13.1. The van der Waals surface area contributed by atoms with Crippen LogP contribution in [0.1, 0.15) is 13.8 Å². The van der Waals surface area contributed by atoms with E-state index in [9.17, 15) is 4.79 Å². The van der Waals surface area contributed by atoms with Crippen molar-refractivity contribution >= 4 is 23.3 Å². The van der Waals surface area contributed by atoms with E-state index in [4.69, 9.17) is 27.3 Å². The lowest BCUT2D eigenvalue weighted by molar-refractivity contribution is -0.123. The average molecular weight is 300 g/mol. The molecule has 1 rings (SSSR count). The Hall–Kier alpha value is -1.95. The Morgan fingerprint density at radius 1 is 1.45 bits per heavy atom. The van der Waals surface area contributed by atoms with Crippen molar-refractivity contribution in [3.8, 4) is 5.75 Å². The van der Waals surface area contributed by atoms with Crippen LogP contribution in [0.5, 0.6) is 5.75 Å². The van der Waals surface area contributed by atoms with E-state index in [2.05, 4.69) is 10.5 Å². The number of carbonyl (C=O) groups excluding carboxylic acids is 1. The van der Waals surface area contributed by atoms with Crippen molar-refractivity contribution in [1.82, 2.24) is 5.32 Å². The second kappa shape index (κ2) is 7.59. The summed E-state index contributed by atoms with van der Waals surface area (Å²) in [5.74, 6) is 0.130. The van der Waals surface area contributed by atoms with Crippen molar-refractivity contribution in [3.05, 3.63) is 29.3 Å². The topological polar surface area (TPSA) is 96.9 Å². The summed E-state index contributed by atoms with van der Waals surface area (Å²) in [7, 11) is 0. The molecule has 0 radical (unpaired) electrons. The third-order valence-electron chi connectivity index (χ3n) is 2.60. The van der Waals surface area contributed by atoms with Crippen LogP contribution in [-0.2, 0) is 4.79 Å². The second-order valence-corrected chi connectivity index (χ2v) is 4.99. The number of benzene rings is 1. The second-order valence-electron chi connectivity index (χ2n) is 4.56.